The molecule has 0 saturated carbocycles. The Balaban J connectivity index is 0. The molecule has 0 heterocycles. The summed E-state index contributed by atoms with van der Waals surface area (Å²) in [7, 11) is 3.33. The molecule has 0 aliphatic rings. The van der Waals surface area contributed by atoms with Crippen molar-refractivity contribution in [2.45, 2.75) is 51.6 Å². The zero-order valence-electron chi connectivity index (χ0n) is 16.1. The van der Waals surface area contributed by atoms with Gasteiger partial charge in [-0.05, 0) is 26.7 Å². The SMILES string of the molecule is COCC(C)NC(N)=NCCCCCCN=C(N)NC(C)COC.I. The average molecular weight is 472 g/mol. The predicted molar refractivity (Wildman–Crippen MR) is 116 cm³/mol. The maximum absolute atomic E-state index is 5.80. The van der Waals surface area contributed by atoms with E-state index in [9.17, 15) is 0 Å². The molecule has 0 fully saturated rings. The Kier molecular flexibility index (Phi) is 19.0. The van der Waals surface area contributed by atoms with Crippen molar-refractivity contribution in [3.8, 4) is 0 Å². The number of methoxy groups -OCH3 is 2. The summed E-state index contributed by atoms with van der Waals surface area (Å²) in [5.74, 6) is 0.960. The van der Waals surface area contributed by atoms with E-state index in [0.717, 1.165) is 38.8 Å². The molecule has 0 spiro atoms. The van der Waals surface area contributed by atoms with Crippen molar-refractivity contribution < 1.29 is 9.47 Å². The van der Waals surface area contributed by atoms with E-state index in [1.165, 1.54) is 0 Å². The molecule has 0 aromatic rings. The minimum absolute atomic E-state index is 0. The summed E-state index contributed by atoms with van der Waals surface area (Å²) in [6.45, 7) is 6.70. The van der Waals surface area contributed by atoms with Crippen LogP contribution in [0.1, 0.15) is 39.5 Å². The van der Waals surface area contributed by atoms with Crippen molar-refractivity contribution in [2.24, 2.45) is 21.5 Å². The molecule has 0 bridgehead atoms. The first-order valence-electron chi connectivity index (χ1n) is 8.60. The molecule has 0 aromatic heterocycles. The third kappa shape index (κ3) is 17.8. The van der Waals surface area contributed by atoms with Crippen LogP contribution in [-0.4, -0.2) is 64.5 Å². The smallest absolute Gasteiger partial charge is 0.188 e. The van der Waals surface area contributed by atoms with Gasteiger partial charge in [-0.3, -0.25) is 9.98 Å². The summed E-state index contributed by atoms with van der Waals surface area (Å²) in [4.78, 5) is 8.60. The third-order valence-electron chi connectivity index (χ3n) is 3.25. The molecule has 2 atom stereocenters. The van der Waals surface area contributed by atoms with E-state index in [4.69, 9.17) is 20.9 Å². The van der Waals surface area contributed by atoms with Crippen molar-refractivity contribution in [1.82, 2.24) is 10.6 Å². The highest BCUT2D eigenvalue weighted by Gasteiger charge is 2.02. The maximum Gasteiger partial charge on any atom is 0.188 e. The maximum atomic E-state index is 5.80. The topological polar surface area (TPSA) is 119 Å². The van der Waals surface area contributed by atoms with E-state index in [2.05, 4.69) is 20.6 Å². The summed E-state index contributed by atoms with van der Waals surface area (Å²) >= 11 is 0. The van der Waals surface area contributed by atoms with Crippen LogP contribution in [0.4, 0.5) is 0 Å². The molecule has 2 unspecified atom stereocenters. The van der Waals surface area contributed by atoms with Crippen molar-refractivity contribution >= 4 is 35.9 Å². The Bertz CT molecular complexity index is 335. The van der Waals surface area contributed by atoms with Crippen LogP contribution in [0.3, 0.4) is 0 Å². The Labute approximate surface area is 169 Å². The van der Waals surface area contributed by atoms with Crippen molar-refractivity contribution in [2.75, 3.05) is 40.5 Å². The zero-order valence-corrected chi connectivity index (χ0v) is 18.4. The van der Waals surface area contributed by atoms with Gasteiger partial charge < -0.3 is 31.6 Å². The van der Waals surface area contributed by atoms with Crippen LogP contribution in [0.15, 0.2) is 9.98 Å². The first-order valence-corrected chi connectivity index (χ1v) is 8.60. The van der Waals surface area contributed by atoms with Crippen LogP contribution >= 0.6 is 24.0 Å². The highest BCUT2D eigenvalue weighted by molar-refractivity contribution is 14.0. The van der Waals surface area contributed by atoms with E-state index < -0.39 is 0 Å². The molecule has 0 saturated heterocycles. The summed E-state index contributed by atoms with van der Waals surface area (Å²) in [6, 6.07) is 0.338. The lowest BCUT2D eigenvalue weighted by atomic mass is 10.2. The largest absolute Gasteiger partial charge is 0.383 e. The molecule has 0 rings (SSSR count). The van der Waals surface area contributed by atoms with Crippen LogP contribution in [0.5, 0.6) is 0 Å². The Morgan fingerprint density at radius 2 is 1.16 bits per heavy atom. The summed E-state index contributed by atoms with van der Waals surface area (Å²) in [5.41, 5.74) is 11.6. The van der Waals surface area contributed by atoms with Gasteiger partial charge in [-0.2, -0.15) is 0 Å². The van der Waals surface area contributed by atoms with E-state index in [-0.39, 0.29) is 36.1 Å². The van der Waals surface area contributed by atoms with Gasteiger partial charge in [0, 0.05) is 39.4 Å². The monoisotopic (exact) mass is 472 g/mol. The van der Waals surface area contributed by atoms with Gasteiger partial charge in [0.1, 0.15) is 0 Å². The van der Waals surface area contributed by atoms with Crippen LogP contribution in [0.25, 0.3) is 0 Å². The minimum Gasteiger partial charge on any atom is -0.383 e. The van der Waals surface area contributed by atoms with Crippen LogP contribution in [-0.2, 0) is 9.47 Å². The average Bonchev–Trinajstić information content (AvgIpc) is 2.50. The second-order valence-corrected chi connectivity index (χ2v) is 5.95. The van der Waals surface area contributed by atoms with E-state index in [1.54, 1.807) is 14.2 Å². The lowest BCUT2D eigenvalue weighted by molar-refractivity contribution is 0.179. The second-order valence-electron chi connectivity index (χ2n) is 5.95. The van der Waals surface area contributed by atoms with Gasteiger partial charge in [-0.1, -0.05) is 12.8 Å². The number of rotatable bonds is 13. The highest BCUT2D eigenvalue weighted by Crippen LogP contribution is 2.00. The number of unbranched alkanes of at least 4 members (excludes halogenated alkanes) is 3. The molecule has 150 valence electrons. The first-order chi connectivity index (χ1) is 11.5. The van der Waals surface area contributed by atoms with Crippen LogP contribution in [0, 0.1) is 0 Å². The van der Waals surface area contributed by atoms with E-state index in [0.29, 0.717) is 25.1 Å². The predicted octanol–water partition coefficient (Wildman–Crippen LogP) is 1.04. The van der Waals surface area contributed by atoms with Crippen LogP contribution < -0.4 is 22.1 Å². The lowest BCUT2D eigenvalue weighted by Gasteiger charge is -2.13. The molecule has 6 N–H and O–H groups in total. The fourth-order valence-electron chi connectivity index (χ4n) is 2.16. The molecule has 0 aliphatic heterocycles. The molecule has 0 aliphatic carbocycles. The lowest BCUT2D eigenvalue weighted by Crippen LogP contribution is -2.40. The van der Waals surface area contributed by atoms with E-state index >= 15 is 0 Å². The molecule has 0 radical (unpaired) electrons. The van der Waals surface area contributed by atoms with E-state index in [1.807, 2.05) is 13.8 Å². The van der Waals surface area contributed by atoms with Gasteiger partial charge >= 0.3 is 0 Å². The summed E-state index contributed by atoms with van der Waals surface area (Å²) in [6.07, 6.45) is 4.24. The third-order valence-corrected chi connectivity index (χ3v) is 3.25. The number of halogens is 1. The fraction of sp³-hybridized carbons (Fsp3) is 0.875. The molecule has 0 amide bonds. The Hall–Kier alpha value is -0.810. The molecule has 0 aromatic carbocycles. The fourth-order valence-corrected chi connectivity index (χ4v) is 2.16. The van der Waals surface area contributed by atoms with Crippen molar-refractivity contribution in [3.05, 3.63) is 0 Å². The van der Waals surface area contributed by atoms with Crippen molar-refractivity contribution in [1.29, 1.82) is 0 Å². The molecule has 9 heteroatoms. The van der Waals surface area contributed by atoms with Gasteiger partial charge in [0.15, 0.2) is 11.9 Å². The minimum atomic E-state index is 0. The second kappa shape index (κ2) is 18.0. The summed E-state index contributed by atoms with van der Waals surface area (Å²) in [5, 5.41) is 6.17. The highest BCUT2D eigenvalue weighted by atomic mass is 127. The molecular formula is C16H37IN6O2. The Morgan fingerprint density at radius 1 is 0.800 bits per heavy atom. The van der Waals surface area contributed by atoms with Gasteiger partial charge in [0.05, 0.1) is 13.2 Å². The normalized spacial score (nSPS) is 14.6. The number of aliphatic imine (C=N–C) groups is 2. The summed E-state index contributed by atoms with van der Waals surface area (Å²) < 4.78 is 10.1. The number of nitrogens with two attached hydrogens (primary N) is 2. The van der Waals surface area contributed by atoms with Crippen LogP contribution in [0.2, 0.25) is 0 Å². The number of ether oxygens (including phenoxy) is 2. The quantitative estimate of drug-likeness (QED) is 0.138. The number of hydrogen-bond donors (Lipinski definition) is 4. The van der Waals surface area contributed by atoms with Gasteiger partial charge in [0.25, 0.3) is 0 Å². The number of guanidine groups is 2. The van der Waals surface area contributed by atoms with Crippen molar-refractivity contribution in [3.63, 3.8) is 0 Å². The number of nitrogens with one attached hydrogen (secondary N) is 2. The Morgan fingerprint density at radius 3 is 1.48 bits per heavy atom. The number of hydrogen-bond acceptors (Lipinski definition) is 4. The molecule has 8 nitrogen and oxygen atoms in total. The number of nitrogens with zero attached hydrogens (tertiary/aromatic N) is 2. The zero-order chi connectivity index (χ0) is 18.2. The van der Waals surface area contributed by atoms with Gasteiger partial charge in [-0.25, -0.2) is 0 Å². The molecule has 25 heavy (non-hydrogen) atoms. The molecular weight excluding hydrogens is 435 g/mol. The standard InChI is InChI=1S/C16H36N6O2.HI/c1-13(11-23-3)21-15(17)19-9-7-5-6-8-10-20-16(18)22-14(2)12-24-4;/h13-14H,5-12H2,1-4H3,(H3,17,19,21)(H3,18,20,22);1H. The van der Waals surface area contributed by atoms with Gasteiger partial charge in [-0.15, -0.1) is 24.0 Å². The first kappa shape index (κ1) is 26.4. The van der Waals surface area contributed by atoms with Gasteiger partial charge in [0.2, 0.25) is 0 Å².